The molecular weight excluding hydrogens is 739 g/mol. The summed E-state index contributed by atoms with van der Waals surface area (Å²) in [7, 11) is 0. The fourth-order valence-electron chi connectivity index (χ4n) is 12.6. The lowest BCUT2D eigenvalue weighted by Gasteiger charge is -2.63. The second-order valence-electron chi connectivity index (χ2n) is 18.6. The van der Waals surface area contributed by atoms with Gasteiger partial charge in [-0.05, 0) is 130 Å². The number of benzene rings is 8. The summed E-state index contributed by atoms with van der Waals surface area (Å²) in [5.41, 5.74) is 12.4. The molecule has 3 heteroatoms. The highest BCUT2D eigenvalue weighted by molar-refractivity contribution is 6.09. The Bertz CT molecular complexity index is 3220. The molecule has 4 saturated carbocycles. The Labute approximate surface area is 356 Å². The van der Waals surface area contributed by atoms with Gasteiger partial charge in [-0.2, -0.15) is 0 Å². The molecule has 61 heavy (non-hydrogen) atoms. The molecule has 292 valence electrons. The van der Waals surface area contributed by atoms with Crippen molar-refractivity contribution in [1.29, 1.82) is 0 Å². The normalized spacial score (nSPS) is 21.8. The van der Waals surface area contributed by atoms with Gasteiger partial charge in [0.15, 0.2) is 5.82 Å². The highest BCUT2D eigenvalue weighted by Gasteiger charge is 2.58. The van der Waals surface area contributed by atoms with Crippen molar-refractivity contribution >= 4 is 43.4 Å². The second kappa shape index (κ2) is 13.3. The molecule has 0 saturated heterocycles. The lowest BCUT2D eigenvalue weighted by Crippen LogP contribution is -2.55. The van der Waals surface area contributed by atoms with Gasteiger partial charge in [0.25, 0.3) is 0 Å². The summed E-state index contributed by atoms with van der Waals surface area (Å²) in [4.78, 5) is 10.3. The van der Waals surface area contributed by atoms with Gasteiger partial charge in [-0.1, -0.05) is 152 Å². The average molecular weight is 784 g/mol. The predicted octanol–water partition coefficient (Wildman–Crippen LogP) is 14.7. The molecule has 0 spiro atoms. The van der Waals surface area contributed by atoms with Crippen LogP contribution in [0.5, 0.6) is 0 Å². The van der Waals surface area contributed by atoms with Gasteiger partial charge in [-0.15, -0.1) is 0 Å². The lowest BCUT2D eigenvalue weighted by molar-refractivity contribution is -0.0280. The summed E-state index contributed by atoms with van der Waals surface area (Å²) >= 11 is 0. The molecule has 14 rings (SSSR count). The fraction of sp³-hybridized carbons (Fsp3) is 0.172. The SMILES string of the molecule is c1ccc(-c2cc(-c3ccccc3)nc(-c3ccc4cc(C56CC7CC(C5)CC(c5ccc8cc(-n9c%10ccccc%10c%10ccccc%109)ccc8c5)(C7)C6)ccc4c3)n2)cc1. The van der Waals surface area contributed by atoms with E-state index in [1.165, 1.54) is 93.1 Å². The van der Waals surface area contributed by atoms with Crippen molar-refractivity contribution in [3.8, 4) is 39.6 Å². The first-order valence-electron chi connectivity index (χ1n) is 22.1. The molecule has 4 aliphatic rings. The molecule has 4 bridgehead atoms. The Hall–Kier alpha value is -6.84. The highest BCUT2D eigenvalue weighted by Crippen LogP contribution is 2.66. The third kappa shape index (κ3) is 5.63. The van der Waals surface area contributed by atoms with Gasteiger partial charge in [0, 0.05) is 33.2 Å². The van der Waals surface area contributed by atoms with Gasteiger partial charge in [0.2, 0.25) is 0 Å². The monoisotopic (exact) mass is 783 g/mol. The zero-order valence-corrected chi connectivity index (χ0v) is 34.1. The largest absolute Gasteiger partial charge is 0.309 e. The van der Waals surface area contributed by atoms with Crippen LogP contribution in [0.3, 0.4) is 0 Å². The van der Waals surface area contributed by atoms with Crippen LogP contribution in [-0.4, -0.2) is 14.5 Å². The first-order valence-corrected chi connectivity index (χ1v) is 22.1. The van der Waals surface area contributed by atoms with E-state index in [2.05, 4.69) is 193 Å². The summed E-state index contributed by atoms with van der Waals surface area (Å²) in [5, 5.41) is 7.81. The quantitative estimate of drug-likeness (QED) is 0.168. The summed E-state index contributed by atoms with van der Waals surface area (Å²) < 4.78 is 2.43. The first kappa shape index (κ1) is 35.0. The van der Waals surface area contributed by atoms with Crippen LogP contribution in [0.2, 0.25) is 0 Å². The van der Waals surface area contributed by atoms with Gasteiger partial charge < -0.3 is 4.57 Å². The van der Waals surface area contributed by atoms with E-state index in [4.69, 9.17) is 9.97 Å². The maximum absolute atomic E-state index is 5.13. The standard InChI is InChI=1S/C58H45N3/c1-3-11-40(12-4-1)52-32-53(41-13-5-2-6-14-41)60-56(59-52)46-20-19-43-29-47(24-21-42(43)28-46)57-33-38-27-39(34-57)36-58(35-38,37-57)48-25-22-45-31-49(26-23-44(45)30-48)61-54-17-9-7-15-50(54)51-16-8-10-18-55(51)61/h1-26,28-32,38-39H,27,33-37H2. The van der Waals surface area contributed by atoms with Crippen molar-refractivity contribution in [2.45, 2.75) is 49.4 Å². The van der Waals surface area contributed by atoms with Gasteiger partial charge in [0.05, 0.1) is 22.4 Å². The van der Waals surface area contributed by atoms with Crippen molar-refractivity contribution in [2.75, 3.05) is 0 Å². The van der Waals surface area contributed by atoms with E-state index in [1.807, 2.05) is 0 Å². The Morgan fingerprint density at radius 2 is 0.885 bits per heavy atom. The van der Waals surface area contributed by atoms with Crippen LogP contribution in [0.1, 0.15) is 49.7 Å². The first-order chi connectivity index (χ1) is 30.1. The molecular formula is C58H45N3. The molecule has 2 heterocycles. The Morgan fingerprint density at radius 3 is 1.46 bits per heavy atom. The van der Waals surface area contributed by atoms with Crippen LogP contribution < -0.4 is 0 Å². The average Bonchev–Trinajstić information content (AvgIpc) is 3.65. The van der Waals surface area contributed by atoms with E-state index < -0.39 is 0 Å². The number of hydrogen-bond acceptors (Lipinski definition) is 2. The van der Waals surface area contributed by atoms with Crippen LogP contribution in [0, 0.1) is 11.8 Å². The number of nitrogens with zero attached hydrogens (tertiary/aromatic N) is 3. The van der Waals surface area contributed by atoms with Crippen molar-refractivity contribution in [1.82, 2.24) is 14.5 Å². The number of aromatic nitrogens is 3. The number of para-hydroxylation sites is 2. The third-order valence-corrected chi connectivity index (χ3v) is 14.9. The Kier molecular flexibility index (Phi) is 7.64. The number of fused-ring (bicyclic) bond motifs is 5. The van der Waals surface area contributed by atoms with Crippen LogP contribution in [0.15, 0.2) is 188 Å². The molecule has 0 radical (unpaired) electrons. The van der Waals surface area contributed by atoms with Gasteiger partial charge >= 0.3 is 0 Å². The van der Waals surface area contributed by atoms with E-state index in [0.29, 0.717) is 0 Å². The van der Waals surface area contributed by atoms with Crippen molar-refractivity contribution < 1.29 is 0 Å². The maximum atomic E-state index is 5.13. The van der Waals surface area contributed by atoms with E-state index in [9.17, 15) is 0 Å². The summed E-state index contributed by atoms with van der Waals surface area (Å²) in [6.07, 6.45) is 7.90. The van der Waals surface area contributed by atoms with Gasteiger partial charge in [-0.25, -0.2) is 9.97 Å². The molecule has 2 unspecified atom stereocenters. The van der Waals surface area contributed by atoms with Crippen molar-refractivity contribution in [2.24, 2.45) is 11.8 Å². The molecule has 0 amide bonds. The Morgan fingerprint density at radius 1 is 0.410 bits per heavy atom. The molecule has 4 aliphatic carbocycles. The maximum Gasteiger partial charge on any atom is 0.160 e. The van der Waals surface area contributed by atoms with E-state index >= 15 is 0 Å². The summed E-state index contributed by atoms with van der Waals surface area (Å²) in [5.74, 6) is 2.31. The summed E-state index contributed by atoms with van der Waals surface area (Å²) in [6, 6.07) is 69.4. The number of hydrogen-bond donors (Lipinski definition) is 0. The fourth-order valence-corrected chi connectivity index (χ4v) is 12.6. The molecule has 2 aromatic heterocycles. The summed E-state index contributed by atoms with van der Waals surface area (Å²) in [6.45, 7) is 0. The van der Waals surface area contributed by atoms with Crippen molar-refractivity contribution in [3.63, 3.8) is 0 Å². The van der Waals surface area contributed by atoms with Crippen LogP contribution in [-0.2, 0) is 10.8 Å². The molecule has 8 aromatic carbocycles. The van der Waals surface area contributed by atoms with Gasteiger partial charge in [0.1, 0.15) is 0 Å². The third-order valence-electron chi connectivity index (χ3n) is 14.9. The van der Waals surface area contributed by atoms with E-state index in [0.717, 1.165) is 45.7 Å². The molecule has 3 nitrogen and oxygen atoms in total. The zero-order chi connectivity index (χ0) is 40.1. The minimum absolute atomic E-state index is 0.212. The van der Waals surface area contributed by atoms with Crippen LogP contribution in [0.4, 0.5) is 0 Å². The van der Waals surface area contributed by atoms with Crippen LogP contribution in [0.25, 0.3) is 82.9 Å². The topological polar surface area (TPSA) is 30.7 Å². The van der Waals surface area contributed by atoms with Gasteiger partial charge in [-0.3, -0.25) is 0 Å². The smallest absolute Gasteiger partial charge is 0.160 e. The lowest BCUT2D eigenvalue weighted by atomic mass is 9.41. The van der Waals surface area contributed by atoms with Crippen LogP contribution >= 0.6 is 0 Å². The number of rotatable bonds is 6. The minimum atomic E-state index is 0.212. The second-order valence-corrected chi connectivity index (χ2v) is 18.6. The predicted molar refractivity (Wildman–Crippen MR) is 252 cm³/mol. The molecule has 4 fully saturated rings. The van der Waals surface area contributed by atoms with E-state index in [1.54, 1.807) is 5.56 Å². The van der Waals surface area contributed by atoms with E-state index in [-0.39, 0.29) is 10.8 Å². The molecule has 10 aromatic rings. The molecule has 2 atom stereocenters. The molecule has 0 aliphatic heterocycles. The highest BCUT2D eigenvalue weighted by atomic mass is 15.0. The zero-order valence-electron chi connectivity index (χ0n) is 34.1. The van der Waals surface area contributed by atoms with Crippen molar-refractivity contribution in [3.05, 3.63) is 199 Å². The molecule has 0 N–H and O–H groups in total. The minimum Gasteiger partial charge on any atom is -0.309 e. The Balaban J connectivity index is 0.840.